The summed E-state index contributed by atoms with van der Waals surface area (Å²) in [6.45, 7) is 3.49. The second-order valence-corrected chi connectivity index (χ2v) is 6.31. The third-order valence-corrected chi connectivity index (χ3v) is 4.04. The Labute approximate surface area is 163 Å². The van der Waals surface area contributed by atoms with E-state index >= 15 is 0 Å². The first-order valence-electron chi connectivity index (χ1n) is 8.24. The van der Waals surface area contributed by atoms with Gasteiger partial charge >= 0.3 is 12.1 Å². The Hall–Kier alpha value is -2.75. The van der Waals surface area contributed by atoms with E-state index in [9.17, 15) is 23.2 Å². The molecule has 0 bridgehead atoms. The van der Waals surface area contributed by atoms with E-state index in [-0.39, 0.29) is 36.9 Å². The minimum absolute atomic E-state index is 0.131. The SMILES string of the molecule is CCCN(C(=O)C(F)(F)F)c1cc(C(=NO)NCc2cc(Cl)ccc2C)on1. The summed E-state index contributed by atoms with van der Waals surface area (Å²) in [6, 6.07) is 6.35. The van der Waals surface area contributed by atoms with Gasteiger partial charge in [0.25, 0.3) is 0 Å². The number of benzene rings is 1. The molecule has 11 heteroatoms. The van der Waals surface area contributed by atoms with Crippen LogP contribution in [-0.2, 0) is 11.3 Å². The first kappa shape index (κ1) is 21.5. The van der Waals surface area contributed by atoms with E-state index in [1.54, 1.807) is 19.1 Å². The molecule has 28 heavy (non-hydrogen) atoms. The van der Waals surface area contributed by atoms with Gasteiger partial charge in [0.2, 0.25) is 11.6 Å². The lowest BCUT2D eigenvalue weighted by Gasteiger charge is -2.19. The zero-order valence-corrected chi connectivity index (χ0v) is 15.8. The van der Waals surface area contributed by atoms with E-state index in [4.69, 9.17) is 16.1 Å². The van der Waals surface area contributed by atoms with Crippen molar-refractivity contribution in [3.8, 4) is 0 Å². The average Bonchev–Trinajstić information content (AvgIpc) is 3.11. The molecule has 1 aromatic carbocycles. The topological polar surface area (TPSA) is 91.0 Å². The van der Waals surface area contributed by atoms with Gasteiger partial charge in [-0.25, -0.2) is 0 Å². The predicted octanol–water partition coefficient (Wildman–Crippen LogP) is 3.87. The van der Waals surface area contributed by atoms with Crippen molar-refractivity contribution >= 4 is 29.2 Å². The summed E-state index contributed by atoms with van der Waals surface area (Å²) in [5.41, 5.74) is 1.74. The van der Waals surface area contributed by atoms with Crippen molar-refractivity contribution in [3.63, 3.8) is 0 Å². The van der Waals surface area contributed by atoms with Crippen LogP contribution in [0, 0.1) is 6.92 Å². The van der Waals surface area contributed by atoms with Gasteiger partial charge in [-0.3, -0.25) is 9.69 Å². The van der Waals surface area contributed by atoms with Gasteiger partial charge in [-0.2, -0.15) is 13.2 Å². The average molecular weight is 419 g/mol. The van der Waals surface area contributed by atoms with Gasteiger partial charge in [0.1, 0.15) is 0 Å². The highest BCUT2D eigenvalue weighted by molar-refractivity contribution is 6.30. The van der Waals surface area contributed by atoms with E-state index in [0.717, 1.165) is 17.2 Å². The van der Waals surface area contributed by atoms with Crippen molar-refractivity contribution in [2.24, 2.45) is 5.16 Å². The molecule has 0 saturated heterocycles. The largest absolute Gasteiger partial charge is 0.471 e. The molecule has 0 spiro atoms. The van der Waals surface area contributed by atoms with Crippen LogP contribution in [0.3, 0.4) is 0 Å². The summed E-state index contributed by atoms with van der Waals surface area (Å²) >= 11 is 5.95. The minimum atomic E-state index is -5.05. The third-order valence-electron chi connectivity index (χ3n) is 3.80. The molecule has 0 atom stereocenters. The van der Waals surface area contributed by atoms with Crippen molar-refractivity contribution in [2.45, 2.75) is 33.0 Å². The van der Waals surface area contributed by atoms with Crippen molar-refractivity contribution in [1.82, 2.24) is 10.5 Å². The first-order valence-corrected chi connectivity index (χ1v) is 8.61. The van der Waals surface area contributed by atoms with Crippen molar-refractivity contribution < 1.29 is 27.7 Å². The van der Waals surface area contributed by atoms with Crippen LogP contribution in [0.15, 0.2) is 33.9 Å². The number of amides is 1. The monoisotopic (exact) mass is 418 g/mol. The van der Waals surface area contributed by atoms with Crippen LogP contribution in [0.5, 0.6) is 0 Å². The number of nitrogens with one attached hydrogen (secondary N) is 1. The molecular weight excluding hydrogens is 401 g/mol. The summed E-state index contributed by atoms with van der Waals surface area (Å²) in [4.78, 5) is 12.1. The molecule has 1 heterocycles. The minimum Gasteiger partial charge on any atom is -0.409 e. The Bertz CT molecular complexity index is 868. The summed E-state index contributed by atoms with van der Waals surface area (Å²) in [7, 11) is 0. The van der Waals surface area contributed by atoms with E-state index in [1.807, 2.05) is 13.0 Å². The fourth-order valence-corrected chi connectivity index (χ4v) is 2.58. The number of aromatic nitrogens is 1. The van der Waals surface area contributed by atoms with Gasteiger partial charge in [-0.1, -0.05) is 34.9 Å². The number of hydrogen-bond acceptors (Lipinski definition) is 5. The lowest BCUT2D eigenvalue weighted by Crippen LogP contribution is -2.41. The number of nitrogens with zero attached hydrogens (tertiary/aromatic N) is 3. The number of amidine groups is 1. The standard InChI is InChI=1S/C17H18ClF3N4O3/c1-3-6-25(16(26)17(19,20)21)14-8-13(28-24-14)15(23-27)22-9-11-7-12(18)5-4-10(11)2/h4-5,7-8,27H,3,6,9H2,1-2H3,(H,22,23). The smallest absolute Gasteiger partial charge is 0.409 e. The summed E-state index contributed by atoms with van der Waals surface area (Å²) < 4.78 is 43.3. The zero-order chi connectivity index (χ0) is 20.9. The molecule has 1 aromatic heterocycles. The van der Waals surface area contributed by atoms with Gasteiger partial charge in [-0.15, -0.1) is 0 Å². The molecule has 7 nitrogen and oxygen atoms in total. The molecule has 0 aliphatic carbocycles. The maximum absolute atomic E-state index is 12.8. The van der Waals surface area contributed by atoms with Crippen LogP contribution in [0.25, 0.3) is 0 Å². The van der Waals surface area contributed by atoms with Gasteiger partial charge in [0, 0.05) is 24.2 Å². The number of hydrogen-bond donors (Lipinski definition) is 2. The first-order chi connectivity index (χ1) is 13.2. The molecular formula is C17H18ClF3N4O3. The van der Waals surface area contributed by atoms with Crippen molar-refractivity contribution in [1.29, 1.82) is 0 Å². The maximum atomic E-state index is 12.8. The van der Waals surface area contributed by atoms with Crippen molar-refractivity contribution in [2.75, 3.05) is 11.4 Å². The molecule has 0 saturated carbocycles. The molecule has 0 aliphatic rings. The molecule has 1 amide bonds. The zero-order valence-electron chi connectivity index (χ0n) is 15.0. The fourth-order valence-electron chi connectivity index (χ4n) is 2.38. The third kappa shape index (κ3) is 5.16. The molecule has 0 radical (unpaired) electrons. The summed E-state index contributed by atoms with van der Waals surface area (Å²) in [5, 5.41) is 19.1. The normalized spacial score (nSPS) is 12.1. The highest BCUT2D eigenvalue weighted by Gasteiger charge is 2.43. The molecule has 0 unspecified atom stereocenters. The summed E-state index contributed by atoms with van der Waals surface area (Å²) in [6.07, 6.45) is -4.78. The lowest BCUT2D eigenvalue weighted by atomic mass is 10.1. The number of halogens is 4. The number of oxime groups is 1. The van der Waals surface area contributed by atoms with Gasteiger partial charge < -0.3 is 15.0 Å². The highest BCUT2D eigenvalue weighted by atomic mass is 35.5. The lowest BCUT2D eigenvalue weighted by molar-refractivity contribution is -0.170. The second-order valence-electron chi connectivity index (χ2n) is 5.88. The second kappa shape index (κ2) is 8.96. The molecule has 2 aromatic rings. The van der Waals surface area contributed by atoms with Crippen LogP contribution in [0.2, 0.25) is 5.02 Å². The summed E-state index contributed by atoms with van der Waals surface area (Å²) in [5.74, 6) is -2.68. The van der Waals surface area contributed by atoms with Crippen LogP contribution < -0.4 is 10.2 Å². The van der Waals surface area contributed by atoms with E-state index < -0.39 is 12.1 Å². The number of rotatable bonds is 6. The number of anilines is 1. The van der Waals surface area contributed by atoms with E-state index in [1.165, 1.54) is 0 Å². The quantitative estimate of drug-likeness (QED) is 0.321. The molecule has 0 fully saturated rings. The molecule has 0 aliphatic heterocycles. The Kier molecular flexibility index (Phi) is 6.90. The van der Waals surface area contributed by atoms with Gasteiger partial charge in [-0.05, 0) is 36.6 Å². The van der Waals surface area contributed by atoms with E-state index in [2.05, 4.69) is 15.6 Å². The van der Waals surface area contributed by atoms with Gasteiger partial charge in [0.15, 0.2) is 5.82 Å². The highest BCUT2D eigenvalue weighted by Crippen LogP contribution is 2.24. The Morgan fingerprint density at radius 2 is 2.11 bits per heavy atom. The fraction of sp³-hybridized carbons (Fsp3) is 0.353. The number of carbonyl (C=O) groups is 1. The van der Waals surface area contributed by atoms with Crippen LogP contribution in [-0.4, -0.2) is 34.8 Å². The number of alkyl halides is 3. The van der Waals surface area contributed by atoms with Gasteiger partial charge in [0.05, 0.1) is 0 Å². The molecule has 152 valence electrons. The van der Waals surface area contributed by atoms with Crippen LogP contribution in [0.4, 0.5) is 19.0 Å². The van der Waals surface area contributed by atoms with E-state index in [0.29, 0.717) is 9.92 Å². The predicted molar refractivity (Wildman–Crippen MR) is 96.6 cm³/mol. The Morgan fingerprint density at radius 3 is 2.71 bits per heavy atom. The van der Waals surface area contributed by atoms with Crippen LogP contribution >= 0.6 is 11.6 Å². The van der Waals surface area contributed by atoms with Crippen LogP contribution in [0.1, 0.15) is 30.2 Å². The number of carbonyl (C=O) groups excluding carboxylic acids is 1. The number of aryl methyl sites for hydroxylation is 1. The maximum Gasteiger partial charge on any atom is 0.471 e. The Morgan fingerprint density at radius 1 is 1.39 bits per heavy atom. The molecule has 2 N–H and O–H groups in total. The Balaban J connectivity index is 2.19. The van der Waals surface area contributed by atoms with Crippen molar-refractivity contribution in [3.05, 3.63) is 46.2 Å². The molecule has 2 rings (SSSR count).